The van der Waals surface area contributed by atoms with Crippen LogP contribution >= 0.6 is 0 Å². The number of aromatic amines is 1. The number of nitrogens with two attached hydrogens (primary N) is 1. The molecule has 0 saturated heterocycles. The maximum atomic E-state index is 9.09. The highest BCUT2D eigenvalue weighted by Gasteiger charge is 2.24. The Morgan fingerprint density at radius 1 is 1.31 bits per heavy atom. The number of anilines is 1. The van der Waals surface area contributed by atoms with Crippen LogP contribution in [-0.4, -0.2) is 10.7 Å². The largest absolute Gasteiger partial charge is 0.398 e. The number of rotatable bonds is 0. The molecule has 16 heavy (non-hydrogen) atoms. The van der Waals surface area contributed by atoms with Crippen molar-refractivity contribution in [3.05, 3.63) is 35.0 Å². The van der Waals surface area contributed by atoms with Crippen molar-refractivity contribution in [2.24, 2.45) is 0 Å². The molecule has 0 radical (unpaired) electrons. The van der Waals surface area contributed by atoms with Crippen LogP contribution in [0.2, 0.25) is 0 Å². The highest BCUT2D eigenvalue weighted by Crippen LogP contribution is 2.38. The third kappa shape index (κ3) is 0.894. The molecular weight excluding hydrogens is 200 g/mol. The Hall–Kier alpha value is -2.54. The summed E-state index contributed by atoms with van der Waals surface area (Å²) >= 11 is 0. The van der Waals surface area contributed by atoms with Gasteiger partial charge < -0.3 is 16.1 Å². The number of pyridine rings is 1. The summed E-state index contributed by atoms with van der Waals surface area (Å²) in [5.41, 5.74) is 10.4. The van der Waals surface area contributed by atoms with Gasteiger partial charge in [-0.15, -0.1) is 0 Å². The molecule has 0 amide bonds. The van der Waals surface area contributed by atoms with Crippen LogP contribution in [0.5, 0.6) is 0 Å². The Balaban J connectivity index is 2.49. The molecule has 0 aromatic carbocycles. The summed E-state index contributed by atoms with van der Waals surface area (Å²) in [7, 11) is 0. The molecule has 76 valence electrons. The van der Waals surface area contributed by atoms with Gasteiger partial charge in [0.2, 0.25) is 0 Å². The molecule has 0 aromatic heterocycles. The first-order valence-corrected chi connectivity index (χ1v) is 4.83. The number of nitrogens with one attached hydrogen (secondary N) is 2. The lowest BCUT2D eigenvalue weighted by Crippen LogP contribution is -1.99. The summed E-state index contributed by atoms with van der Waals surface area (Å²) in [6.07, 6.45) is 5.41. The first kappa shape index (κ1) is 8.74. The predicted molar refractivity (Wildman–Crippen MR) is 62.4 cm³/mol. The molecule has 0 atom stereocenters. The fraction of sp³-hybridized carbons (Fsp3) is 0. The van der Waals surface area contributed by atoms with E-state index in [1.165, 1.54) is 0 Å². The molecule has 4 nitrogen and oxygen atoms in total. The number of H-pyrrole nitrogens is 1. The lowest BCUT2D eigenvalue weighted by atomic mass is 10.00. The number of nitrogens with zero attached hydrogens (tertiary/aromatic N) is 1. The number of nitrogen functional groups attached to an aromatic ring is 1. The summed E-state index contributed by atoms with van der Waals surface area (Å²) < 4.78 is 0. The van der Waals surface area contributed by atoms with Crippen molar-refractivity contribution in [3.63, 3.8) is 0 Å². The normalized spacial score (nSPS) is 13.1. The average Bonchev–Trinajstić information content (AvgIpc) is 2.78. The number of hydrogen-bond donors (Lipinski definition) is 3. The zero-order valence-corrected chi connectivity index (χ0v) is 8.33. The Labute approximate surface area is 91.9 Å². The standard InChI is InChI=1S/C12H8N4/c13-4-7-9(15)3-10-12(7)11-6(5-16-10)1-2-8(11)14/h1-3,5,14,16H,15H2. The van der Waals surface area contributed by atoms with Gasteiger partial charge in [0, 0.05) is 28.6 Å². The van der Waals surface area contributed by atoms with Crippen LogP contribution in [0.3, 0.4) is 0 Å². The van der Waals surface area contributed by atoms with Crippen molar-refractivity contribution in [1.82, 2.24) is 4.98 Å². The van der Waals surface area contributed by atoms with Gasteiger partial charge in [0.05, 0.1) is 17.0 Å². The molecule has 1 aliphatic heterocycles. The second-order valence-corrected chi connectivity index (χ2v) is 3.74. The molecule has 0 unspecified atom stereocenters. The van der Waals surface area contributed by atoms with Gasteiger partial charge in [0.15, 0.2) is 0 Å². The van der Waals surface area contributed by atoms with Crippen molar-refractivity contribution in [1.29, 1.82) is 10.7 Å². The lowest BCUT2D eigenvalue weighted by molar-refractivity contribution is 1.31. The molecule has 0 fully saturated rings. The minimum atomic E-state index is 0.427. The Morgan fingerprint density at radius 3 is 2.88 bits per heavy atom. The van der Waals surface area contributed by atoms with E-state index in [0.29, 0.717) is 17.0 Å². The van der Waals surface area contributed by atoms with Crippen molar-refractivity contribution in [2.45, 2.75) is 0 Å². The Kier molecular flexibility index (Phi) is 1.49. The monoisotopic (exact) mass is 208 g/mol. The molecule has 3 rings (SSSR count). The molecule has 0 saturated carbocycles. The highest BCUT2D eigenvalue weighted by atomic mass is 14.7. The Morgan fingerprint density at radius 2 is 2.12 bits per heavy atom. The second kappa shape index (κ2) is 2.74. The van der Waals surface area contributed by atoms with Crippen molar-refractivity contribution in [2.75, 3.05) is 5.73 Å². The van der Waals surface area contributed by atoms with Crippen LogP contribution in [0.15, 0.2) is 18.3 Å². The van der Waals surface area contributed by atoms with E-state index in [0.717, 1.165) is 22.4 Å². The zero-order chi connectivity index (χ0) is 11.3. The van der Waals surface area contributed by atoms with Crippen LogP contribution < -0.4 is 5.73 Å². The molecule has 0 bridgehead atoms. The second-order valence-electron chi connectivity index (χ2n) is 3.74. The van der Waals surface area contributed by atoms with E-state index < -0.39 is 0 Å². The minimum absolute atomic E-state index is 0.427. The number of hydrogen-bond acceptors (Lipinski definition) is 3. The van der Waals surface area contributed by atoms with E-state index >= 15 is 0 Å². The molecule has 4 heteroatoms. The first-order chi connectivity index (χ1) is 7.72. The molecule has 1 heterocycles. The molecular formula is C12H8N4. The van der Waals surface area contributed by atoms with Gasteiger partial charge in [-0.1, -0.05) is 6.08 Å². The maximum absolute atomic E-state index is 9.09. The van der Waals surface area contributed by atoms with E-state index in [9.17, 15) is 0 Å². The Bertz CT molecular complexity index is 655. The molecule has 3 aliphatic rings. The summed E-state index contributed by atoms with van der Waals surface area (Å²) in [4.78, 5) is 3.09. The third-order valence-corrected chi connectivity index (χ3v) is 2.84. The van der Waals surface area contributed by atoms with Gasteiger partial charge in [0.25, 0.3) is 0 Å². The van der Waals surface area contributed by atoms with Gasteiger partial charge in [-0.05, 0) is 12.1 Å². The quantitative estimate of drug-likeness (QED) is 0.617. The maximum Gasteiger partial charge on any atom is 0.102 e. The van der Waals surface area contributed by atoms with Crippen LogP contribution in [0, 0.1) is 16.7 Å². The van der Waals surface area contributed by atoms with E-state index in [-0.39, 0.29) is 0 Å². The van der Waals surface area contributed by atoms with Gasteiger partial charge in [-0.3, -0.25) is 0 Å². The van der Waals surface area contributed by atoms with Gasteiger partial charge in [-0.25, -0.2) is 0 Å². The fourth-order valence-corrected chi connectivity index (χ4v) is 2.12. The van der Waals surface area contributed by atoms with Gasteiger partial charge >= 0.3 is 0 Å². The summed E-state index contributed by atoms with van der Waals surface area (Å²) in [5, 5.41) is 16.9. The van der Waals surface area contributed by atoms with E-state index in [2.05, 4.69) is 11.1 Å². The third-order valence-electron chi connectivity index (χ3n) is 2.84. The summed E-state index contributed by atoms with van der Waals surface area (Å²) in [5.74, 6) is 0. The van der Waals surface area contributed by atoms with E-state index in [4.69, 9.17) is 16.4 Å². The van der Waals surface area contributed by atoms with Crippen molar-refractivity contribution in [3.8, 4) is 17.3 Å². The summed E-state index contributed by atoms with van der Waals surface area (Å²) in [6, 6.07) is 3.83. The van der Waals surface area contributed by atoms with Crippen LogP contribution in [0.1, 0.15) is 16.7 Å². The minimum Gasteiger partial charge on any atom is -0.398 e. The number of allylic oxidation sites excluding steroid dienone is 1. The average molecular weight is 208 g/mol. The molecule has 0 spiro atoms. The predicted octanol–water partition coefficient (Wildman–Crippen LogP) is 1.97. The lowest BCUT2D eigenvalue weighted by Gasteiger charge is -2.07. The van der Waals surface area contributed by atoms with E-state index in [1.54, 1.807) is 12.1 Å². The van der Waals surface area contributed by atoms with Gasteiger partial charge in [0.1, 0.15) is 6.07 Å². The zero-order valence-electron chi connectivity index (χ0n) is 8.33. The number of nitriles is 1. The highest BCUT2D eigenvalue weighted by molar-refractivity contribution is 6.19. The molecule has 4 N–H and O–H groups in total. The van der Waals surface area contributed by atoms with Crippen LogP contribution in [-0.2, 0) is 0 Å². The smallest absolute Gasteiger partial charge is 0.102 e. The molecule has 0 aromatic rings. The van der Waals surface area contributed by atoms with Crippen molar-refractivity contribution >= 4 is 17.5 Å². The fourth-order valence-electron chi connectivity index (χ4n) is 2.12. The number of fused-ring (bicyclic) bond motifs is 3. The van der Waals surface area contributed by atoms with Gasteiger partial charge in [-0.2, -0.15) is 5.26 Å². The topological polar surface area (TPSA) is 89.4 Å². The number of aromatic nitrogens is 1. The summed E-state index contributed by atoms with van der Waals surface area (Å²) in [6.45, 7) is 0. The first-order valence-electron chi connectivity index (χ1n) is 4.83. The van der Waals surface area contributed by atoms with Crippen molar-refractivity contribution < 1.29 is 0 Å². The van der Waals surface area contributed by atoms with Crippen LogP contribution in [0.25, 0.3) is 17.3 Å². The van der Waals surface area contributed by atoms with Crippen LogP contribution in [0.4, 0.5) is 5.69 Å². The van der Waals surface area contributed by atoms with E-state index in [1.807, 2.05) is 12.3 Å². The molecule has 2 aliphatic carbocycles. The SMILES string of the molecule is N#Cc1c(N)cc2[nH]cc3c(c1-2)C(=N)C=C3.